The molecule has 0 radical (unpaired) electrons. The molecule has 1 aliphatic heterocycles. The van der Waals surface area contributed by atoms with Gasteiger partial charge in [-0.2, -0.15) is 13.9 Å². The van der Waals surface area contributed by atoms with Gasteiger partial charge in [-0.15, -0.1) is 0 Å². The van der Waals surface area contributed by atoms with E-state index < -0.39 is 6.05 Å². The first-order valence-corrected chi connectivity index (χ1v) is 10.4. The number of hydrogen-bond acceptors (Lipinski definition) is 6. The van der Waals surface area contributed by atoms with Crippen molar-refractivity contribution in [3.8, 4) is 11.3 Å². The fourth-order valence-corrected chi connectivity index (χ4v) is 3.31. The third-order valence-corrected chi connectivity index (χ3v) is 4.94. The topological polar surface area (TPSA) is 66.0 Å². The molecule has 0 fully saturated rings. The Morgan fingerprint density at radius 3 is 2.62 bits per heavy atom. The Bertz CT molecular complexity index is 1290. The molecule has 1 N–H and O–H groups in total. The molecule has 174 valence electrons. The van der Waals surface area contributed by atoms with Crippen molar-refractivity contribution in [2.75, 3.05) is 5.32 Å². The van der Waals surface area contributed by atoms with Crippen molar-refractivity contribution in [3.63, 3.8) is 0 Å². The molecule has 3 aromatic rings. The number of allylic oxidation sites excluding steroid dienone is 1. The first-order valence-electron chi connectivity index (χ1n) is 10.4. The van der Waals surface area contributed by atoms with Crippen LogP contribution in [0.5, 0.6) is 0 Å². The molecule has 4 rings (SSSR count). The van der Waals surface area contributed by atoms with Gasteiger partial charge in [0.25, 0.3) is 0 Å². The van der Waals surface area contributed by atoms with Crippen LogP contribution >= 0.6 is 0 Å². The van der Waals surface area contributed by atoms with Crippen molar-refractivity contribution in [1.82, 2.24) is 10.2 Å². The van der Waals surface area contributed by atoms with E-state index in [9.17, 15) is 13.2 Å². The van der Waals surface area contributed by atoms with Crippen LogP contribution in [0.25, 0.3) is 11.3 Å². The minimum absolute atomic E-state index is 0.274. The predicted molar refractivity (Wildman–Crippen MR) is 126 cm³/mol. The zero-order chi connectivity index (χ0) is 24.3. The molecule has 2 heterocycles. The van der Waals surface area contributed by atoms with Crippen molar-refractivity contribution in [1.29, 1.82) is 0 Å². The van der Waals surface area contributed by atoms with Gasteiger partial charge in [-0.25, -0.2) is 4.39 Å². The summed E-state index contributed by atoms with van der Waals surface area (Å²) in [7, 11) is 0. The Labute approximate surface area is 194 Å². The maximum atomic E-state index is 14.1. The fourth-order valence-electron chi connectivity index (χ4n) is 3.31. The predicted octanol–water partition coefficient (Wildman–Crippen LogP) is 6.21. The molecule has 0 saturated carbocycles. The third-order valence-electron chi connectivity index (χ3n) is 4.94. The maximum absolute atomic E-state index is 14.1. The van der Waals surface area contributed by atoms with Crippen molar-refractivity contribution in [2.24, 2.45) is 10.1 Å². The van der Waals surface area contributed by atoms with Crippen LogP contribution in [0, 0.1) is 5.82 Å². The molecule has 0 atom stereocenters. The van der Waals surface area contributed by atoms with Crippen LogP contribution in [0.3, 0.4) is 0 Å². The van der Waals surface area contributed by atoms with E-state index >= 15 is 0 Å². The van der Waals surface area contributed by atoms with E-state index in [1.165, 1.54) is 6.07 Å². The average molecular weight is 465 g/mol. The lowest BCUT2D eigenvalue weighted by Crippen LogP contribution is -2.22. The van der Waals surface area contributed by atoms with Crippen LogP contribution in [-0.4, -0.2) is 28.1 Å². The smallest absolute Gasteiger partial charge is 0.320 e. The summed E-state index contributed by atoms with van der Waals surface area (Å²) in [4.78, 5) is 4.53. The lowest BCUT2D eigenvalue weighted by atomic mass is 10.1. The van der Waals surface area contributed by atoms with Crippen LogP contribution in [0.1, 0.15) is 25.2 Å². The molecule has 0 spiro atoms. The number of benzene rings is 2. The number of hydrogen-bond donors (Lipinski definition) is 1. The second-order valence-electron chi connectivity index (χ2n) is 7.83. The Hall–Kier alpha value is -4.14. The molecule has 0 bridgehead atoms. The van der Waals surface area contributed by atoms with E-state index in [4.69, 9.17) is 4.52 Å². The van der Waals surface area contributed by atoms with Gasteiger partial charge in [0.15, 0.2) is 5.76 Å². The SMILES string of the molecule is C=C1C=NN(Cc2cc(-c3ccc(NC(C)(F)F)cc3)no2)C=C1N=C(C)c1ccccc1F. The minimum Gasteiger partial charge on any atom is -0.359 e. The van der Waals surface area contributed by atoms with Crippen molar-refractivity contribution < 1.29 is 17.7 Å². The summed E-state index contributed by atoms with van der Waals surface area (Å²) in [5.41, 5.74) is 3.65. The van der Waals surface area contributed by atoms with Gasteiger partial charge >= 0.3 is 6.05 Å². The average Bonchev–Trinajstić information content (AvgIpc) is 3.24. The lowest BCUT2D eigenvalue weighted by Gasteiger charge is -2.18. The summed E-state index contributed by atoms with van der Waals surface area (Å²) < 4.78 is 45.7. The number of alkyl halides is 2. The summed E-state index contributed by atoms with van der Waals surface area (Å²) in [6.07, 6.45) is 3.26. The van der Waals surface area contributed by atoms with Gasteiger partial charge in [0, 0.05) is 41.1 Å². The molecular weight excluding hydrogens is 443 g/mol. The van der Waals surface area contributed by atoms with E-state index in [0.717, 1.165) is 12.5 Å². The van der Waals surface area contributed by atoms with Gasteiger partial charge in [-0.3, -0.25) is 10.0 Å². The van der Waals surface area contributed by atoms with Crippen LogP contribution < -0.4 is 5.32 Å². The van der Waals surface area contributed by atoms with Crippen LogP contribution in [0.2, 0.25) is 0 Å². The maximum Gasteiger partial charge on any atom is 0.320 e. The summed E-state index contributed by atoms with van der Waals surface area (Å²) in [6.45, 7) is 6.74. The van der Waals surface area contributed by atoms with E-state index in [0.29, 0.717) is 39.7 Å². The minimum atomic E-state index is -3.01. The summed E-state index contributed by atoms with van der Waals surface area (Å²) >= 11 is 0. The molecule has 6 nitrogen and oxygen atoms in total. The first kappa shape index (κ1) is 23.0. The number of aromatic nitrogens is 1. The zero-order valence-corrected chi connectivity index (χ0v) is 18.6. The van der Waals surface area contributed by atoms with Gasteiger partial charge in [0.05, 0.1) is 18.1 Å². The highest BCUT2D eigenvalue weighted by atomic mass is 19.3. The number of aliphatic imine (C=N–C) groups is 1. The van der Waals surface area contributed by atoms with Crippen LogP contribution in [-0.2, 0) is 6.54 Å². The highest BCUT2D eigenvalue weighted by molar-refractivity contribution is 6.00. The number of nitrogens with one attached hydrogen (secondary N) is 1. The normalized spacial score (nSPS) is 14.4. The summed E-state index contributed by atoms with van der Waals surface area (Å²) in [5, 5.41) is 12.1. The van der Waals surface area contributed by atoms with Crippen molar-refractivity contribution in [2.45, 2.75) is 26.4 Å². The van der Waals surface area contributed by atoms with Gasteiger partial charge in [-0.1, -0.05) is 42.1 Å². The summed E-state index contributed by atoms with van der Waals surface area (Å²) in [5.74, 6) is 0.185. The highest BCUT2D eigenvalue weighted by Crippen LogP contribution is 2.25. The molecule has 9 heteroatoms. The van der Waals surface area contributed by atoms with Gasteiger partial charge in [0.2, 0.25) is 0 Å². The molecule has 0 saturated heterocycles. The number of nitrogens with zero attached hydrogens (tertiary/aromatic N) is 4. The monoisotopic (exact) mass is 465 g/mol. The quantitative estimate of drug-likeness (QED) is 0.333. The number of hydrazone groups is 1. The third kappa shape index (κ3) is 5.61. The fraction of sp³-hybridized carbons (Fsp3) is 0.160. The molecular formula is C25H22F3N5O. The number of halogens is 3. The van der Waals surface area contributed by atoms with E-state index in [1.54, 1.807) is 72.9 Å². The largest absolute Gasteiger partial charge is 0.359 e. The molecule has 1 aliphatic rings. The standard InChI is InChI=1S/C25H22F3N5O/c1-16-13-29-33(15-24(16)30-17(2)21-6-4-5-7-22(21)26)14-20-12-23(32-34-20)18-8-10-19(11-9-18)31-25(3,27)28/h4-13,15,31H,1,14H2,2-3H3. The highest BCUT2D eigenvalue weighted by Gasteiger charge is 2.20. The first-order chi connectivity index (χ1) is 16.2. The molecule has 34 heavy (non-hydrogen) atoms. The Balaban J connectivity index is 1.47. The van der Waals surface area contributed by atoms with Crippen LogP contribution in [0.4, 0.5) is 18.9 Å². The number of rotatable bonds is 7. The molecule has 1 aromatic heterocycles. The number of anilines is 1. The zero-order valence-electron chi connectivity index (χ0n) is 18.6. The van der Waals surface area contributed by atoms with Gasteiger partial charge < -0.3 is 9.84 Å². The van der Waals surface area contributed by atoms with Crippen molar-refractivity contribution in [3.05, 3.63) is 95.8 Å². The van der Waals surface area contributed by atoms with Gasteiger partial charge in [0.1, 0.15) is 18.1 Å². The second kappa shape index (κ2) is 9.38. The Morgan fingerprint density at radius 2 is 1.91 bits per heavy atom. The van der Waals surface area contributed by atoms with E-state index in [-0.39, 0.29) is 12.4 Å². The molecule has 0 unspecified atom stereocenters. The lowest BCUT2D eigenvalue weighted by molar-refractivity contribution is 0.0543. The van der Waals surface area contributed by atoms with E-state index in [1.807, 2.05) is 0 Å². The Kier molecular flexibility index (Phi) is 6.36. The second-order valence-corrected chi connectivity index (χ2v) is 7.83. The Morgan fingerprint density at radius 1 is 1.18 bits per heavy atom. The van der Waals surface area contributed by atoms with E-state index in [2.05, 4.69) is 27.1 Å². The van der Waals surface area contributed by atoms with Crippen molar-refractivity contribution >= 4 is 17.6 Å². The molecule has 2 aromatic carbocycles. The molecule has 0 aliphatic carbocycles. The van der Waals surface area contributed by atoms with Crippen LogP contribution in [0.15, 0.2) is 93.3 Å². The molecule has 0 amide bonds. The van der Waals surface area contributed by atoms with Gasteiger partial charge in [-0.05, 0) is 25.1 Å². The summed E-state index contributed by atoms with van der Waals surface area (Å²) in [6, 6.07) is 11.6.